The number of amides is 2. The van der Waals surface area contributed by atoms with Crippen LogP contribution in [0, 0.1) is 5.92 Å². The van der Waals surface area contributed by atoms with E-state index in [0.29, 0.717) is 36.5 Å². The van der Waals surface area contributed by atoms with Crippen LogP contribution in [0.5, 0.6) is 5.75 Å². The van der Waals surface area contributed by atoms with Crippen molar-refractivity contribution in [2.45, 2.75) is 25.0 Å². The normalized spacial score (nSPS) is 22.8. The van der Waals surface area contributed by atoms with Crippen molar-refractivity contribution in [1.82, 2.24) is 10.2 Å². The number of phenolic OH excluding ortho intramolecular Hbond substituents is 1. The van der Waals surface area contributed by atoms with Gasteiger partial charge in [-0.1, -0.05) is 23.2 Å². The maximum atomic E-state index is 12.5. The zero-order chi connectivity index (χ0) is 18.8. The Kier molecular flexibility index (Phi) is 5.92. The quantitative estimate of drug-likeness (QED) is 0.710. The standard InChI is InChI=1S/C17H21Cl2N3O4/c18-11-5-10(13(23)6-12(11)19)16(20)9-1-3-22(4-2-9)17(25)14-7-21-15(24)8-26-14/h5-6,9,14,16,23H,1-4,7-8,20H2,(H,21,24)/t14?,16-/m1/s1. The molecular formula is C17H21Cl2N3O4. The Morgan fingerprint density at radius 3 is 2.58 bits per heavy atom. The van der Waals surface area contributed by atoms with Crippen LogP contribution in [0.1, 0.15) is 24.4 Å². The maximum Gasteiger partial charge on any atom is 0.253 e. The highest BCUT2D eigenvalue weighted by molar-refractivity contribution is 6.42. The Morgan fingerprint density at radius 1 is 1.31 bits per heavy atom. The predicted octanol–water partition coefficient (Wildman–Crippen LogP) is 1.45. The Hall–Kier alpha value is -1.54. The number of morpholine rings is 1. The Labute approximate surface area is 161 Å². The summed E-state index contributed by atoms with van der Waals surface area (Å²) in [6.07, 6.45) is 0.772. The summed E-state index contributed by atoms with van der Waals surface area (Å²) < 4.78 is 5.30. The minimum atomic E-state index is -0.628. The van der Waals surface area contributed by atoms with E-state index in [-0.39, 0.29) is 41.7 Å². The summed E-state index contributed by atoms with van der Waals surface area (Å²) >= 11 is 11.9. The van der Waals surface area contributed by atoms with E-state index in [1.165, 1.54) is 6.07 Å². The van der Waals surface area contributed by atoms with Crippen molar-refractivity contribution in [3.63, 3.8) is 0 Å². The number of aromatic hydroxyl groups is 1. The molecule has 7 nitrogen and oxygen atoms in total. The van der Waals surface area contributed by atoms with E-state index in [4.69, 9.17) is 33.7 Å². The number of benzene rings is 1. The fourth-order valence-electron chi connectivity index (χ4n) is 3.41. The van der Waals surface area contributed by atoms with Crippen LogP contribution in [0.15, 0.2) is 12.1 Å². The highest BCUT2D eigenvalue weighted by Gasteiger charge is 2.33. The van der Waals surface area contributed by atoms with Crippen LogP contribution >= 0.6 is 23.2 Å². The number of phenols is 1. The molecule has 0 saturated carbocycles. The van der Waals surface area contributed by atoms with Gasteiger partial charge in [0.25, 0.3) is 5.91 Å². The summed E-state index contributed by atoms with van der Waals surface area (Å²) in [5.41, 5.74) is 6.89. The Balaban J connectivity index is 1.59. The number of halogens is 2. The number of hydrogen-bond acceptors (Lipinski definition) is 5. The van der Waals surface area contributed by atoms with Gasteiger partial charge in [0.15, 0.2) is 6.10 Å². The largest absolute Gasteiger partial charge is 0.508 e. The van der Waals surface area contributed by atoms with Crippen molar-refractivity contribution in [3.05, 3.63) is 27.7 Å². The molecule has 2 atom stereocenters. The van der Waals surface area contributed by atoms with Crippen molar-refractivity contribution in [2.24, 2.45) is 11.7 Å². The van der Waals surface area contributed by atoms with E-state index in [1.807, 2.05) is 0 Å². The zero-order valence-electron chi connectivity index (χ0n) is 14.1. The average molecular weight is 402 g/mol. The van der Waals surface area contributed by atoms with E-state index in [9.17, 15) is 14.7 Å². The van der Waals surface area contributed by atoms with Gasteiger partial charge in [0, 0.05) is 30.8 Å². The molecule has 26 heavy (non-hydrogen) atoms. The van der Waals surface area contributed by atoms with Crippen LogP contribution in [0.4, 0.5) is 0 Å². The van der Waals surface area contributed by atoms with Gasteiger partial charge in [0.2, 0.25) is 5.91 Å². The lowest BCUT2D eigenvalue weighted by molar-refractivity contribution is -0.151. The van der Waals surface area contributed by atoms with E-state index < -0.39 is 12.1 Å². The monoisotopic (exact) mass is 401 g/mol. The fourth-order valence-corrected chi connectivity index (χ4v) is 3.74. The highest BCUT2D eigenvalue weighted by Crippen LogP contribution is 2.37. The summed E-state index contributed by atoms with van der Waals surface area (Å²) in [6, 6.07) is 2.60. The topological polar surface area (TPSA) is 105 Å². The van der Waals surface area contributed by atoms with Crippen molar-refractivity contribution in [3.8, 4) is 5.75 Å². The smallest absolute Gasteiger partial charge is 0.253 e. The molecule has 4 N–H and O–H groups in total. The molecule has 0 radical (unpaired) electrons. The number of nitrogens with one attached hydrogen (secondary N) is 1. The van der Waals surface area contributed by atoms with Crippen LogP contribution in [-0.4, -0.2) is 54.2 Å². The van der Waals surface area contributed by atoms with Gasteiger partial charge in [-0.05, 0) is 24.8 Å². The number of ether oxygens (including phenoxy) is 1. The lowest BCUT2D eigenvalue weighted by Crippen LogP contribution is -2.53. The molecular weight excluding hydrogens is 381 g/mol. The molecule has 0 aliphatic carbocycles. The number of piperidine rings is 1. The second kappa shape index (κ2) is 8.00. The summed E-state index contributed by atoms with van der Waals surface area (Å²) in [4.78, 5) is 25.3. The summed E-state index contributed by atoms with van der Waals surface area (Å²) in [5, 5.41) is 13.4. The van der Waals surface area contributed by atoms with Gasteiger partial charge < -0.3 is 25.8 Å². The number of rotatable bonds is 3. The highest BCUT2D eigenvalue weighted by atomic mass is 35.5. The fraction of sp³-hybridized carbons (Fsp3) is 0.529. The second-order valence-electron chi connectivity index (χ2n) is 6.62. The number of nitrogens with zero attached hydrogens (tertiary/aromatic N) is 1. The Bertz CT molecular complexity index is 697. The molecule has 2 fully saturated rings. The van der Waals surface area contributed by atoms with Crippen LogP contribution < -0.4 is 11.1 Å². The number of carbonyl (C=O) groups excluding carboxylic acids is 2. The molecule has 1 unspecified atom stereocenters. The third-order valence-electron chi connectivity index (χ3n) is 4.96. The minimum absolute atomic E-state index is 0.0248. The molecule has 2 aliphatic heterocycles. The minimum Gasteiger partial charge on any atom is -0.508 e. The van der Waals surface area contributed by atoms with Gasteiger partial charge in [0.05, 0.1) is 16.6 Å². The van der Waals surface area contributed by atoms with Crippen LogP contribution in [0.3, 0.4) is 0 Å². The first-order valence-corrected chi connectivity index (χ1v) is 9.23. The summed E-state index contributed by atoms with van der Waals surface area (Å²) in [7, 11) is 0. The second-order valence-corrected chi connectivity index (χ2v) is 7.43. The first-order valence-electron chi connectivity index (χ1n) is 8.47. The first kappa shape index (κ1) is 19.2. The summed E-state index contributed by atoms with van der Waals surface area (Å²) in [5.74, 6) is -0.194. The first-order chi connectivity index (χ1) is 12.4. The van der Waals surface area contributed by atoms with E-state index >= 15 is 0 Å². The molecule has 2 aliphatic rings. The molecule has 0 bridgehead atoms. The Morgan fingerprint density at radius 2 is 1.96 bits per heavy atom. The number of nitrogens with two attached hydrogens (primary N) is 1. The molecule has 0 spiro atoms. The molecule has 142 valence electrons. The molecule has 1 aromatic carbocycles. The maximum absolute atomic E-state index is 12.5. The van der Waals surface area contributed by atoms with Crippen molar-refractivity contribution < 1.29 is 19.4 Å². The zero-order valence-corrected chi connectivity index (χ0v) is 15.6. The van der Waals surface area contributed by atoms with Crippen LogP contribution in [-0.2, 0) is 14.3 Å². The third-order valence-corrected chi connectivity index (χ3v) is 5.69. The van der Waals surface area contributed by atoms with Gasteiger partial charge >= 0.3 is 0 Å². The van der Waals surface area contributed by atoms with E-state index in [2.05, 4.69) is 5.32 Å². The van der Waals surface area contributed by atoms with Crippen LogP contribution in [0.25, 0.3) is 0 Å². The summed E-state index contributed by atoms with van der Waals surface area (Å²) in [6.45, 7) is 1.21. The third kappa shape index (κ3) is 4.06. The van der Waals surface area contributed by atoms with Crippen molar-refractivity contribution in [1.29, 1.82) is 0 Å². The van der Waals surface area contributed by atoms with Gasteiger partial charge in [-0.2, -0.15) is 0 Å². The van der Waals surface area contributed by atoms with Crippen molar-refractivity contribution >= 4 is 35.0 Å². The molecule has 3 rings (SSSR count). The van der Waals surface area contributed by atoms with Crippen LogP contribution in [0.2, 0.25) is 10.0 Å². The number of carbonyl (C=O) groups is 2. The average Bonchev–Trinajstić information content (AvgIpc) is 2.64. The molecule has 2 saturated heterocycles. The molecule has 2 amide bonds. The molecule has 0 aromatic heterocycles. The van der Waals surface area contributed by atoms with Gasteiger partial charge in [-0.15, -0.1) is 0 Å². The van der Waals surface area contributed by atoms with Gasteiger partial charge in [0.1, 0.15) is 12.4 Å². The molecule has 1 aromatic rings. The van der Waals surface area contributed by atoms with Crippen molar-refractivity contribution in [2.75, 3.05) is 26.2 Å². The number of likely N-dealkylation sites (tertiary alicyclic amines) is 1. The SMILES string of the molecule is N[C@@H](c1cc(Cl)c(Cl)cc1O)C1CCN(C(=O)C2CNC(=O)CO2)CC1. The lowest BCUT2D eigenvalue weighted by atomic mass is 9.85. The van der Waals surface area contributed by atoms with E-state index in [1.54, 1.807) is 11.0 Å². The van der Waals surface area contributed by atoms with Gasteiger partial charge in [-0.3, -0.25) is 9.59 Å². The number of hydrogen-bond donors (Lipinski definition) is 3. The van der Waals surface area contributed by atoms with Gasteiger partial charge in [-0.25, -0.2) is 0 Å². The molecule has 2 heterocycles. The predicted molar refractivity (Wildman–Crippen MR) is 97.1 cm³/mol. The lowest BCUT2D eigenvalue weighted by Gasteiger charge is -2.37. The molecule has 9 heteroatoms. The van der Waals surface area contributed by atoms with E-state index in [0.717, 1.165) is 0 Å².